The summed E-state index contributed by atoms with van der Waals surface area (Å²) in [5, 5.41) is 1.34. The summed E-state index contributed by atoms with van der Waals surface area (Å²) in [4.78, 5) is 10.2. The number of anilines is 1. The fraction of sp³-hybridized carbons (Fsp3) is 0.558. The molecule has 4 rings (SSSR count). The molecular formula is C52H82N6. The summed E-state index contributed by atoms with van der Waals surface area (Å²) in [6.07, 6.45) is 28.5. The predicted molar refractivity (Wildman–Crippen MR) is 258 cm³/mol. The lowest BCUT2D eigenvalue weighted by atomic mass is 9.80. The standard InChI is InChI=1S/C48H70N6.2C2H6/c1-11-16-26-48(8,9)35-44-42-33-40(23-22-37(6)32-39(13-3)21-19-17-18-20-27-51-50-14-4)24-25-45(42)54(15-5)47(44)43-34-41(36-49-46(43)38(7)12-2)53-30-28-52(10)29-31-53;2*1-2/h1,13-14,22-25,32-34,36,38,50-51H,4,12,15-21,26-31,35H2,2-3,5-10H3;2*1-2H3/b23-22+,37-32-,39-13-;;. The number of rotatable bonds is 21. The second-order valence-corrected chi connectivity index (χ2v) is 16.1. The minimum absolute atomic E-state index is 0.0423. The Morgan fingerprint density at radius 2 is 1.74 bits per heavy atom. The fourth-order valence-corrected chi connectivity index (χ4v) is 7.72. The van der Waals surface area contributed by atoms with Crippen molar-refractivity contribution in [1.29, 1.82) is 0 Å². The summed E-state index contributed by atoms with van der Waals surface area (Å²) < 4.78 is 2.56. The molecule has 6 heteroatoms. The second-order valence-electron chi connectivity index (χ2n) is 16.1. The van der Waals surface area contributed by atoms with Crippen LogP contribution in [0.3, 0.4) is 0 Å². The largest absolute Gasteiger partial charge is 0.368 e. The Morgan fingerprint density at radius 3 is 2.38 bits per heavy atom. The van der Waals surface area contributed by atoms with Crippen molar-refractivity contribution in [2.75, 3.05) is 44.7 Å². The molecule has 1 unspecified atom stereocenters. The van der Waals surface area contributed by atoms with E-state index in [0.717, 1.165) is 71.4 Å². The van der Waals surface area contributed by atoms with Gasteiger partial charge in [-0.1, -0.05) is 116 Å². The lowest BCUT2D eigenvalue weighted by Crippen LogP contribution is -2.44. The van der Waals surface area contributed by atoms with Crippen molar-refractivity contribution < 1.29 is 0 Å². The number of piperazine rings is 1. The third kappa shape index (κ3) is 15.0. The van der Waals surface area contributed by atoms with E-state index < -0.39 is 0 Å². The van der Waals surface area contributed by atoms with Gasteiger partial charge in [0.05, 0.1) is 23.3 Å². The Morgan fingerprint density at radius 1 is 1.03 bits per heavy atom. The van der Waals surface area contributed by atoms with Gasteiger partial charge in [0.1, 0.15) is 0 Å². The van der Waals surface area contributed by atoms with E-state index >= 15 is 0 Å². The van der Waals surface area contributed by atoms with E-state index in [9.17, 15) is 0 Å². The normalized spacial score (nSPS) is 14.4. The maximum absolute atomic E-state index is 5.81. The van der Waals surface area contributed by atoms with Gasteiger partial charge in [0, 0.05) is 68.4 Å². The number of unbranched alkanes of at least 4 members (excludes halogenated alkanes) is 3. The first kappa shape index (κ1) is 50.1. The summed E-state index contributed by atoms with van der Waals surface area (Å²) in [6, 6.07) is 9.53. The number of allylic oxidation sites excluding steroid dienone is 5. The molecule has 320 valence electrons. The maximum Gasteiger partial charge on any atom is 0.0560 e. The minimum Gasteiger partial charge on any atom is -0.368 e. The first-order chi connectivity index (χ1) is 28.0. The van der Waals surface area contributed by atoms with Crippen LogP contribution in [0, 0.1) is 17.8 Å². The molecule has 2 aromatic heterocycles. The van der Waals surface area contributed by atoms with Gasteiger partial charge < -0.3 is 19.8 Å². The highest BCUT2D eigenvalue weighted by Crippen LogP contribution is 2.43. The van der Waals surface area contributed by atoms with Crippen molar-refractivity contribution in [3.05, 3.63) is 89.4 Å². The van der Waals surface area contributed by atoms with E-state index in [1.807, 2.05) is 27.7 Å². The monoisotopic (exact) mass is 791 g/mol. The number of pyridine rings is 1. The third-order valence-electron chi connectivity index (χ3n) is 11.3. The number of nitrogens with one attached hydrogen (secondary N) is 2. The number of fused-ring (bicyclic) bond motifs is 1. The molecule has 1 saturated heterocycles. The van der Waals surface area contributed by atoms with Crippen LogP contribution in [-0.2, 0) is 13.0 Å². The highest BCUT2D eigenvalue weighted by Gasteiger charge is 2.28. The highest BCUT2D eigenvalue weighted by molar-refractivity contribution is 5.94. The van der Waals surface area contributed by atoms with E-state index in [1.165, 1.54) is 81.5 Å². The third-order valence-corrected chi connectivity index (χ3v) is 11.3. The van der Waals surface area contributed by atoms with Crippen LogP contribution >= 0.6 is 0 Å². The second kappa shape index (κ2) is 26.9. The molecule has 1 aliphatic heterocycles. The van der Waals surface area contributed by atoms with Crippen molar-refractivity contribution in [3.63, 3.8) is 0 Å². The van der Waals surface area contributed by atoms with Gasteiger partial charge in [-0.15, -0.1) is 12.3 Å². The zero-order valence-corrected chi connectivity index (χ0v) is 39.0. The molecule has 2 N–H and O–H groups in total. The van der Waals surface area contributed by atoms with Gasteiger partial charge in [-0.2, -0.15) is 0 Å². The van der Waals surface area contributed by atoms with E-state index in [-0.39, 0.29) is 5.41 Å². The van der Waals surface area contributed by atoms with E-state index in [1.54, 1.807) is 6.20 Å². The summed E-state index contributed by atoms with van der Waals surface area (Å²) in [7, 11) is 2.22. The van der Waals surface area contributed by atoms with Crippen molar-refractivity contribution in [1.82, 2.24) is 25.3 Å². The quantitative estimate of drug-likeness (QED) is 0.0487. The molecule has 1 aromatic carbocycles. The van der Waals surface area contributed by atoms with Crippen LogP contribution in [-0.4, -0.2) is 54.2 Å². The number of aryl methyl sites for hydroxylation is 1. The molecule has 58 heavy (non-hydrogen) atoms. The number of hydrogen-bond donors (Lipinski definition) is 2. The lowest BCUT2D eigenvalue weighted by molar-refractivity contribution is 0.313. The molecule has 0 amide bonds. The molecule has 1 aliphatic rings. The Balaban J connectivity index is 0.00000281. The summed E-state index contributed by atoms with van der Waals surface area (Å²) in [5.74, 6) is 3.27. The zero-order chi connectivity index (χ0) is 43.1. The van der Waals surface area contributed by atoms with Crippen LogP contribution in [0.25, 0.3) is 28.2 Å². The van der Waals surface area contributed by atoms with E-state index in [2.05, 4.69) is 148 Å². The topological polar surface area (TPSA) is 48.4 Å². The van der Waals surface area contributed by atoms with Gasteiger partial charge in [-0.25, -0.2) is 5.43 Å². The van der Waals surface area contributed by atoms with Gasteiger partial charge in [0.2, 0.25) is 0 Å². The molecule has 0 aliphatic carbocycles. The van der Waals surface area contributed by atoms with Crippen molar-refractivity contribution >= 4 is 22.7 Å². The van der Waals surface area contributed by atoms with Crippen LogP contribution in [0.15, 0.2) is 72.6 Å². The Bertz CT molecular complexity index is 1790. The van der Waals surface area contributed by atoms with Gasteiger partial charge >= 0.3 is 0 Å². The van der Waals surface area contributed by atoms with Gasteiger partial charge in [-0.3, -0.25) is 4.98 Å². The van der Waals surface area contributed by atoms with Gasteiger partial charge in [0.15, 0.2) is 0 Å². The van der Waals surface area contributed by atoms with Crippen LogP contribution in [0.1, 0.15) is 150 Å². The Hall–Kier alpha value is -4.05. The molecular weight excluding hydrogens is 709 g/mol. The van der Waals surface area contributed by atoms with E-state index in [4.69, 9.17) is 11.4 Å². The predicted octanol–water partition coefficient (Wildman–Crippen LogP) is 13.1. The van der Waals surface area contributed by atoms with Crippen LogP contribution in [0.5, 0.6) is 0 Å². The molecule has 0 spiro atoms. The smallest absolute Gasteiger partial charge is 0.0560 e. The fourth-order valence-electron chi connectivity index (χ4n) is 7.72. The molecule has 0 radical (unpaired) electrons. The molecule has 0 bridgehead atoms. The van der Waals surface area contributed by atoms with Gasteiger partial charge in [0.25, 0.3) is 0 Å². The highest BCUT2D eigenvalue weighted by atomic mass is 15.3. The Kier molecular flexibility index (Phi) is 23.2. The number of aromatic nitrogens is 2. The van der Waals surface area contributed by atoms with Crippen LogP contribution < -0.4 is 15.8 Å². The molecule has 6 nitrogen and oxygen atoms in total. The average Bonchev–Trinajstić information content (AvgIpc) is 3.55. The first-order valence-electron chi connectivity index (χ1n) is 22.7. The van der Waals surface area contributed by atoms with Crippen molar-refractivity contribution in [2.24, 2.45) is 5.41 Å². The van der Waals surface area contributed by atoms with Crippen LogP contribution in [0.2, 0.25) is 0 Å². The van der Waals surface area contributed by atoms with Crippen molar-refractivity contribution in [3.8, 4) is 23.6 Å². The average molecular weight is 791 g/mol. The molecule has 3 aromatic rings. The number of hydrogen-bond acceptors (Lipinski definition) is 5. The molecule has 1 fully saturated rings. The first-order valence-corrected chi connectivity index (χ1v) is 22.7. The van der Waals surface area contributed by atoms with Gasteiger partial charge in [-0.05, 0) is 107 Å². The number of benzene rings is 1. The number of hydrazine groups is 1. The molecule has 3 heterocycles. The van der Waals surface area contributed by atoms with Crippen molar-refractivity contribution in [2.45, 2.75) is 146 Å². The zero-order valence-electron chi connectivity index (χ0n) is 39.0. The Labute approximate surface area is 356 Å². The maximum atomic E-state index is 5.81. The van der Waals surface area contributed by atoms with Crippen LogP contribution in [0.4, 0.5) is 5.69 Å². The SMILES string of the molecule is C#CCCC(C)(C)Cc1c(-c2cc(N3CCN(C)CC3)cnc2C(C)CC)n(CC)c2ccc(/C=C/C(C)=C\C(=C/C)CCCCCCNNC=C)cc12.CC.CC. The minimum atomic E-state index is 0.0423. The number of nitrogens with zero attached hydrogens (tertiary/aromatic N) is 4. The molecule has 0 saturated carbocycles. The summed E-state index contributed by atoms with van der Waals surface area (Å²) >= 11 is 0. The summed E-state index contributed by atoms with van der Waals surface area (Å²) in [5.41, 5.74) is 17.8. The number of terminal acetylenes is 1. The number of likely N-dealkylation sites (N-methyl/N-ethyl adjacent to an activating group) is 1. The molecule has 1 atom stereocenters. The summed E-state index contributed by atoms with van der Waals surface area (Å²) in [6.45, 7) is 33.8. The lowest BCUT2D eigenvalue weighted by Gasteiger charge is -2.34. The van der Waals surface area contributed by atoms with E-state index in [0.29, 0.717) is 5.92 Å².